The van der Waals surface area contributed by atoms with E-state index in [2.05, 4.69) is 25.1 Å². The standard InChI is InChI=1S/C15H23N5O/c1-12(21)17-14-9-16-10-15(18-14)20-8-4-5-13(11-20)19-6-2-3-7-19/h9-10,13H,2-8,11H2,1H3,(H,17,18,21)/t13-/m1/s1. The van der Waals surface area contributed by atoms with Crippen LogP contribution in [0, 0.1) is 0 Å². The lowest BCUT2D eigenvalue weighted by Gasteiger charge is -2.38. The van der Waals surface area contributed by atoms with Gasteiger partial charge < -0.3 is 10.2 Å². The fourth-order valence-corrected chi connectivity index (χ4v) is 3.32. The Kier molecular flexibility index (Phi) is 4.34. The number of nitrogens with zero attached hydrogens (tertiary/aromatic N) is 4. The van der Waals surface area contributed by atoms with Crippen LogP contribution in [-0.4, -0.2) is 53.0 Å². The molecule has 0 aromatic carbocycles. The highest BCUT2D eigenvalue weighted by Crippen LogP contribution is 2.23. The van der Waals surface area contributed by atoms with E-state index in [9.17, 15) is 4.79 Å². The molecular weight excluding hydrogens is 266 g/mol. The number of anilines is 2. The summed E-state index contributed by atoms with van der Waals surface area (Å²) in [4.78, 5) is 24.7. The summed E-state index contributed by atoms with van der Waals surface area (Å²) >= 11 is 0. The minimum Gasteiger partial charge on any atom is -0.354 e. The van der Waals surface area contributed by atoms with Crippen LogP contribution in [0.4, 0.5) is 11.6 Å². The molecule has 2 aliphatic heterocycles. The number of carbonyl (C=O) groups excluding carboxylic acids is 1. The summed E-state index contributed by atoms with van der Waals surface area (Å²) in [6.07, 6.45) is 8.50. The molecule has 1 aromatic heterocycles. The number of carbonyl (C=O) groups is 1. The molecule has 0 bridgehead atoms. The van der Waals surface area contributed by atoms with Crippen LogP contribution in [-0.2, 0) is 4.79 Å². The van der Waals surface area contributed by atoms with E-state index in [1.165, 1.54) is 45.7 Å². The van der Waals surface area contributed by atoms with Gasteiger partial charge in [0.15, 0.2) is 5.82 Å². The minimum absolute atomic E-state index is 0.116. The Bertz CT molecular complexity index is 501. The van der Waals surface area contributed by atoms with Gasteiger partial charge in [-0.3, -0.25) is 14.7 Å². The summed E-state index contributed by atoms with van der Waals surface area (Å²) in [5.41, 5.74) is 0. The van der Waals surface area contributed by atoms with E-state index < -0.39 is 0 Å². The van der Waals surface area contributed by atoms with Crippen molar-refractivity contribution in [2.45, 2.75) is 38.6 Å². The second-order valence-electron chi connectivity index (χ2n) is 5.93. The van der Waals surface area contributed by atoms with Crippen molar-refractivity contribution in [3.8, 4) is 0 Å². The molecule has 1 amide bonds. The Morgan fingerprint density at radius 2 is 2.05 bits per heavy atom. The van der Waals surface area contributed by atoms with Gasteiger partial charge in [0, 0.05) is 26.1 Å². The fraction of sp³-hybridized carbons (Fsp3) is 0.667. The van der Waals surface area contributed by atoms with Gasteiger partial charge in [-0.05, 0) is 38.8 Å². The normalized spacial score (nSPS) is 23.3. The Labute approximate surface area is 125 Å². The first kappa shape index (κ1) is 14.3. The van der Waals surface area contributed by atoms with Crippen LogP contribution < -0.4 is 10.2 Å². The van der Waals surface area contributed by atoms with E-state index in [0.717, 1.165) is 18.9 Å². The van der Waals surface area contributed by atoms with Gasteiger partial charge in [0.1, 0.15) is 5.82 Å². The smallest absolute Gasteiger partial charge is 0.222 e. The maximum absolute atomic E-state index is 11.1. The number of piperidine rings is 1. The number of nitrogens with one attached hydrogen (secondary N) is 1. The third-order valence-electron chi connectivity index (χ3n) is 4.30. The van der Waals surface area contributed by atoms with Gasteiger partial charge in [-0.2, -0.15) is 0 Å². The van der Waals surface area contributed by atoms with Crippen molar-refractivity contribution in [2.24, 2.45) is 0 Å². The second kappa shape index (κ2) is 6.39. The lowest BCUT2D eigenvalue weighted by atomic mass is 10.0. The van der Waals surface area contributed by atoms with Gasteiger partial charge in [0.25, 0.3) is 0 Å². The maximum atomic E-state index is 11.1. The minimum atomic E-state index is -0.116. The van der Waals surface area contributed by atoms with Crippen LogP contribution in [0.25, 0.3) is 0 Å². The molecule has 2 saturated heterocycles. The molecular formula is C15H23N5O. The molecule has 6 heteroatoms. The van der Waals surface area contributed by atoms with Gasteiger partial charge in [-0.25, -0.2) is 4.98 Å². The molecule has 3 rings (SSSR count). The zero-order valence-corrected chi connectivity index (χ0v) is 12.6. The molecule has 0 saturated carbocycles. The van der Waals surface area contributed by atoms with Crippen LogP contribution in [0.15, 0.2) is 12.4 Å². The first-order chi connectivity index (χ1) is 10.2. The van der Waals surface area contributed by atoms with Crippen LogP contribution >= 0.6 is 0 Å². The second-order valence-corrected chi connectivity index (χ2v) is 5.93. The number of amides is 1. The van der Waals surface area contributed by atoms with E-state index in [1.54, 1.807) is 12.4 Å². The fourth-order valence-electron chi connectivity index (χ4n) is 3.32. The summed E-state index contributed by atoms with van der Waals surface area (Å²) in [7, 11) is 0. The molecule has 1 atom stereocenters. The third-order valence-corrected chi connectivity index (χ3v) is 4.30. The van der Waals surface area contributed by atoms with Crippen LogP contribution in [0.2, 0.25) is 0 Å². The summed E-state index contributed by atoms with van der Waals surface area (Å²) in [6.45, 7) is 5.98. The van der Waals surface area contributed by atoms with E-state index in [4.69, 9.17) is 0 Å². The molecule has 1 N–H and O–H groups in total. The predicted octanol–water partition coefficient (Wildman–Crippen LogP) is 1.50. The molecule has 2 aliphatic rings. The number of hydrogen-bond donors (Lipinski definition) is 1. The number of hydrogen-bond acceptors (Lipinski definition) is 5. The highest BCUT2D eigenvalue weighted by atomic mass is 16.1. The zero-order valence-electron chi connectivity index (χ0n) is 12.6. The number of likely N-dealkylation sites (tertiary alicyclic amines) is 1. The number of rotatable bonds is 3. The van der Waals surface area contributed by atoms with E-state index in [-0.39, 0.29) is 5.91 Å². The highest BCUT2D eigenvalue weighted by molar-refractivity contribution is 5.87. The van der Waals surface area contributed by atoms with Gasteiger partial charge in [0.05, 0.1) is 12.4 Å². The van der Waals surface area contributed by atoms with Gasteiger partial charge in [-0.1, -0.05) is 0 Å². The molecule has 21 heavy (non-hydrogen) atoms. The van der Waals surface area contributed by atoms with Crippen molar-refractivity contribution in [3.63, 3.8) is 0 Å². The maximum Gasteiger partial charge on any atom is 0.222 e. The molecule has 114 valence electrons. The molecule has 3 heterocycles. The van der Waals surface area contributed by atoms with Crippen molar-refractivity contribution in [2.75, 3.05) is 36.4 Å². The largest absolute Gasteiger partial charge is 0.354 e. The molecule has 1 aromatic rings. The van der Waals surface area contributed by atoms with Crippen LogP contribution in [0.5, 0.6) is 0 Å². The van der Waals surface area contributed by atoms with Gasteiger partial charge >= 0.3 is 0 Å². The Balaban J connectivity index is 1.69. The van der Waals surface area contributed by atoms with Crippen molar-refractivity contribution >= 4 is 17.5 Å². The van der Waals surface area contributed by atoms with E-state index >= 15 is 0 Å². The first-order valence-corrected chi connectivity index (χ1v) is 7.81. The summed E-state index contributed by atoms with van der Waals surface area (Å²) in [5.74, 6) is 1.28. The lowest BCUT2D eigenvalue weighted by Crippen LogP contribution is -2.47. The molecule has 0 unspecified atom stereocenters. The molecule has 0 aliphatic carbocycles. The molecule has 2 fully saturated rings. The molecule has 6 nitrogen and oxygen atoms in total. The van der Waals surface area contributed by atoms with E-state index in [1.807, 2.05) is 0 Å². The quantitative estimate of drug-likeness (QED) is 0.913. The van der Waals surface area contributed by atoms with Crippen molar-refractivity contribution in [1.82, 2.24) is 14.9 Å². The number of aromatic nitrogens is 2. The van der Waals surface area contributed by atoms with Gasteiger partial charge in [-0.15, -0.1) is 0 Å². The average molecular weight is 289 g/mol. The topological polar surface area (TPSA) is 61.4 Å². The Morgan fingerprint density at radius 3 is 2.81 bits per heavy atom. The Morgan fingerprint density at radius 1 is 1.24 bits per heavy atom. The van der Waals surface area contributed by atoms with Crippen molar-refractivity contribution in [3.05, 3.63) is 12.4 Å². The SMILES string of the molecule is CC(=O)Nc1cncc(N2CCC[C@@H](N3CCCC3)C2)n1. The van der Waals surface area contributed by atoms with E-state index in [0.29, 0.717) is 11.9 Å². The summed E-state index contributed by atoms with van der Waals surface area (Å²) in [5, 5.41) is 2.70. The molecule has 0 radical (unpaired) electrons. The summed E-state index contributed by atoms with van der Waals surface area (Å²) < 4.78 is 0. The van der Waals surface area contributed by atoms with Crippen LogP contribution in [0.3, 0.4) is 0 Å². The molecule has 0 spiro atoms. The summed E-state index contributed by atoms with van der Waals surface area (Å²) in [6, 6.07) is 0.632. The van der Waals surface area contributed by atoms with Crippen molar-refractivity contribution in [1.29, 1.82) is 0 Å². The Hall–Kier alpha value is -1.69. The highest BCUT2D eigenvalue weighted by Gasteiger charge is 2.27. The monoisotopic (exact) mass is 289 g/mol. The van der Waals surface area contributed by atoms with Gasteiger partial charge in [0.2, 0.25) is 5.91 Å². The average Bonchev–Trinajstić information content (AvgIpc) is 3.01. The van der Waals surface area contributed by atoms with Crippen molar-refractivity contribution < 1.29 is 4.79 Å². The van der Waals surface area contributed by atoms with Crippen LogP contribution in [0.1, 0.15) is 32.6 Å². The first-order valence-electron chi connectivity index (χ1n) is 7.81. The lowest BCUT2D eigenvalue weighted by molar-refractivity contribution is -0.114. The zero-order chi connectivity index (χ0) is 14.7. The predicted molar refractivity (Wildman–Crippen MR) is 82.4 cm³/mol. The third kappa shape index (κ3) is 3.50.